The number of hydrogen-bond donors (Lipinski definition) is 2. The van der Waals surface area contributed by atoms with Crippen LogP contribution in [-0.4, -0.2) is 10.5 Å². The zero-order valence-electron chi connectivity index (χ0n) is 12.3. The third kappa shape index (κ3) is 6.01. The van der Waals surface area contributed by atoms with Crippen LogP contribution in [0.1, 0.15) is 25.0 Å². The van der Waals surface area contributed by atoms with Gasteiger partial charge in [0.1, 0.15) is 0 Å². The fourth-order valence-corrected chi connectivity index (χ4v) is 2.22. The van der Waals surface area contributed by atoms with Crippen LogP contribution in [0.25, 0.3) is 0 Å². The first-order chi connectivity index (χ1) is 10.0. The number of rotatable bonds is 4. The quantitative estimate of drug-likeness (QED) is 0.673. The molecule has 21 heavy (non-hydrogen) atoms. The number of nitrogens with zero attached hydrogens (tertiary/aromatic N) is 1. The Hall–Kier alpha value is -1.80. The van der Waals surface area contributed by atoms with Crippen molar-refractivity contribution in [1.82, 2.24) is 9.71 Å². The van der Waals surface area contributed by atoms with Crippen molar-refractivity contribution < 1.29 is 0 Å². The van der Waals surface area contributed by atoms with Gasteiger partial charge in [0.05, 0.1) is 5.54 Å². The number of benzene rings is 1. The third-order valence-corrected chi connectivity index (χ3v) is 3.40. The van der Waals surface area contributed by atoms with Crippen molar-refractivity contribution in [2.75, 3.05) is 0 Å². The number of hydrogen-bond acceptors (Lipinski definition) is 4. The summed E-state index contributed by atoms with van der Waals surface area (Å²) in [6, 6.07) is 12.1. The first-order valence-corrected chi connectivity index (χ1v) is 7.55. The summed E-state index contributed by atoms with van der Waals surface area (Å²) in [4.78, 5) is 5.15. The van der Waals surface area contributed by atoms with Gasteiger partial charge >= 0.3 is 0 Å². The van der Waals surface area contributed by atoms with Gasteiger partial charge in [0.25, 0.3) is 0 Å². The predicted octanol–water partition coefficient (Wildman–Crippen LogP) is 2.97. The van der Waals surface area contributed by atoms with Crippen molar-refractivity contribution in [2.45, 2.75) is 30.8 Å². The van der Waals surface area contributed by atoms with Crippen LogP contribution in [-0.2, 0) is 6.54 Å². The van der Waals surface area contributed by atoms with Crippen molar-refractivity contribution in [3.05, 3.63) is 59.9 Å². The Labute approximate surface area is 130 Å². The van der Waals surface area contributed by atoms with E-state index >= 15 is 0 Å². The van der Waals surface area contributed by atoms with Gasteiger partial charge in [-0.3, -0.25) is 9.71 Å². The summed E-state index contributed by atoms with van der Waals surface area (Å²) >= 11 is 1.60. The molecular weight excluding hydrogens is 278 g/mol. The molecule has 0 atom stereocenters. The molecule has 4 heteroatoms. The normalized spacial score (nSPS) is 10.8. The molecule has 3 N–H and O–H groups in total. The van der Waals surface area contributed by atoms with E-state index in [1.54, 1.807) is 24.3 Å². The molecule has 2 rings (SSSR count). The van der Waals surface area contributed by atoms with Gasteiger partial charge in [-0.05, 0) is 67.8 Å². The SMILES string of the molecule is CC(C)(N)C#Cc1ccc(SNCc2ccncc2)cc1. The first-order valence-electron chi connectivity index (χ1n) is 6.74. The number of nitrogens with one attached hydrogen (secondary N) is 1. The van der Waals surface area contributed by atoms with Gasteiger partial charge in [-0.15, -0.1) is 0 Å². The molecule has 0 fully saturated rings. The highest BCUT2D eigenvalue weighted by Gasteiger charge is 2.03. The molecule has 2 aromatic rings. The smallest absolute Gasteiger partial charge is 0.0722 e. The summed E-state index contributed by atoms with van der Waals surface area (Å²) in [7, 11) is 0. The van der Waals surface area contributed by atoms with Gasteiger partial charge in [-0.1, -0.05) is 11.8 Å². The average molecular weight is 297 g/mol. The van der Waals surface area contributed by atoms with E-state index in [0.717, 1.165) is 17.0 Å². The highest BCUT2D eigenvalue weighted by Crippen LogP contribution is 2.15. The largest absolute Gasteiger partial charge is 0.316 e. The Bertz CT molecular complexity index is 619. The maximum Gasteiger partial charge on any atom is 0.0722 e. The van der Waals surface area contributed by atoms with Crippen molar-refractivity contribution in [2.24, 2.45) is 5.73 Å². The average Bonchev–Trinajstić information content (AvgIpc) is 2.47. The van der Waals surface area contributed by atoms with Crippen LogP contribution in [0.3, 0.4) is 0 Å². The van der Waals surface area contributed by atoms with Crippen LogP contribution >= 0.6 is 11.9 Å². The van der Waals surface area contributed by atoms with Crippen LogP contribution in [0, 0.1) is 11.8 Å². The van der Waals surface area contributed by atoms with E-state index in [9.17, 15) is 0 Å². The molecule has 1 aromatic heterocycles. The minimum absolute atomic E-state index is 0.459. The molecule has 1 aromatic carbocycles. The standard InChI is InChI=1S/C17H19N3S/c1-17(2,18)10-7-14-3-5-16(6-4-14)21-20-13-15-8-11-19-12-9-15/h3-6,8-9,11-12,20H,13,18H2,1-2H3. The Morgan fingerprint density at radius 3 is 2.43 bits per heavy atom. The molecule has 1 heterocycles. The van der Waals surface area contributed by atoms with E-state index in [2.05, 4.69) is 33.7 Å². The Morgan fingerprint density at radius 2 is 1.81 bits per heavy atom. The molecule has 0 unspecified atom stereocenters. The van der Waals surface area contributed by atoms with Gasteiger partial charge in [-0.25, -0.2) is 0 Å². The second kappa shape index (κ2) is 7.28. The van der Waals surface area contributed by atoms with Crippen molar-refractivity contribution in [3.8, 4) is 11.8 Å². The highest BCUT2D eigenvalue weighted by atomic mass is 32.2. The Balaban J connectivity index is 1.86. The second-order valence-corrected chi connectivity index (χ2v) is 6.24. The number of pyridine rings is 1. The fourth-order valence-electron chi connectivity index (χ4n) is 1.54. The topological polar surface area (TPSA) is 50.9 Å². The van der Waals surface area contributed by atoms with Gasteiger partial charge in [0.2, 0.25) is 0 Å². The molecule has 0 radical (unpaired) electrons. The molecule has 3 nitrogen and oxygen atoms in total. The number of aromatic nitrogens is 1. The summed E-state index contributed by atoms with van der Waals surface area (Å²) in [6.45, 7) is 4.59. The van der Waals surface area contributed by atoms with Gasteiger partial charge in [0, 0.05) is 29.4 Å². The maximum atomic E-state index is 5.84. The lowest BCUT2D eigenvalue weighted by molar-refractivity contribution is 0.680. The summed E-state index contributed by atoms with van der Waals surface area (Å²) in [6.07, 6.45) is 3.60. The summed E-state index contributed by atoms with van der Waals surface area (Å²) < 4.78 is 3.33. The molecule has 0 bridgehead atoms. The first kappa shape index (κ1) is 15.6. The van der Waals surface area contributed by atoms with Crippen LogP contribution in [0.15, 0.2) is 53.7 Å². The minimum Gasteiger partial charge on any atom is -0.316 e. The molecule has 108 valence electrons. The zero-order valence-corrected chi connectivity index (χ0v) is 13.1. The Kier molecular flexibility index (Phi) is 5.40. The van der Waals surface area contributed by atoms with Crippen LogP contribution in [0.4, 0.5) is 0 Å². The van der Waals surface area contributed by atoms with Gasteiger partial charge in [-0.2, -0.15) is 0 Å². The van der Waals surface area contributed by atoms with Crippen LogP contribution in [0.2, 0.25) is 0 Å². The Morgan fingerprint density at radius 1 is 1.14 bits per heavy atom. The third-order valence-electron chi connectivity index (χ3n) is 2.60. The molecule has 0 saturated heterocycles. The minimum atomic E-state index is -0.459. The number of nitrogens with two attached hydrogens (primary N) is 1. The van der Waals surface area contributed by atoms with Crippen LogP contribution < -0.4 is 10.5 Å². The maximum absolute atomic E-state index is 5.84. The van der Waals surface area contributed by atoms with Crippen molar-refractivity contribution in [1.29, 1.82) is 0 Å². The van der Waals surface area contributed by atoms with Gasteiger partial charge < -0.3 is 5.73 Å². The molecule has 0 spiro atoms. The van der Waals surface area contributed by atoms with E-state index in [0.29, 0.717) is 0 Å². The van der Waals surface area contributed by atoms with E-state index in [-0.39, 0.29) is 0 Å². The molecule has 0 amide bonds. The monoisotopic (exact) mass is 297 g/mol. The van der Waals surface area contributed by atoms with Gasteiger partial charge in [0.15, 0.2) is 0 Å². The summed E-state index contributed by atoms with van der Waals surface area (Å²) in [5.74, 6) is 6.10. The van der Waals surface area contributed by atoms with E-state index in [1.807, 2.05) is 38.1 Å². The van der Waals surface area contributed by atoms with E-state index in [1.165, 1.54) is 5.56 Å². The molecule has 0 aliphatic rings. The molecular formula is C17H19N3S. The van der Waals surface area contributed by atoms with E-state index < -0.39 is 5.54 Å². The predicted molar refractivity (Wildman–Crippen MR) is 88.5 cm³/mol. The fraction of sp³-hybridized carbons (Fsp3) is 0.235. The molecule has 0 aliphatic carbocycles. The molecule has 0 saturated carbocycles. The zero-order chi connectivity index (χ0) is 15.1. The van der Waals surface area contributed by atoms with Crippen LogP contribution in [0.5, 0.6) is 0 Å². The second-order valence-electron chi connectivity index (χ2n) is 5.27. The lowest BCUT2D eigenvalue weighted by Crippen LogP contribution is -2.29. The van der Waals surface area contributed by atoms with Crippen molar-refractivity contribution in [3.63, 3.8) is 0 Å². The lowest BCUT2D eigenvalue weighted by atomic mass is 10.1. The summed E-state index contributed by atoms with van der Waals surface area (Å²) in [5.41, 5.74) is 7.58. The lowest BCUT2D eigenvalue weighted by Gasteiger charge is -2.07. The van der Waals surface area contributed by atoms with E-state index in [4.69, 9.17) is 5.73 Å². The van der Waals surface area contributed by atoms with Crippen molar-refractivity contribution >= 4 is 11.9 Å². The highest BCUT2D eigenvalue weighted by molar-refractivity contribution is 7.97. The summed E-state index contributed by atoms with van der Waals surface area (Å²) in [5, 5.41) is 0. The molecule has 0 aliphatic heterocycles.